The van der Waals surface area contributed by atoms with Gasteiger partial charge in [-0.2, -0.15) is 0 Å². The Balaban J connectivity index is 2.16. The number of hydrogen-bond acceptors (Lipinski definition) is 3. The van der Waals surface area contributed by atoms with Gasteiger partial charge in [-0.1, -0.05) is 27.6 Å². The van der Waals surface area contributed by atoms with E-state index in [0.29, 0.717) is 18.0 Å². The van der Waals surface area contributed by atoms with Crippen LogP contribution in [0.25, 0.3) is 0 Å². The van der Waals surface area contributed by atoms with Crippen LogP contribution in [0.3, 0.4) is 0 Å². The predicted molar refractivity (Wildman–Crippen MR) is 80.6 cm³/mol. The average molecular weight is 322 g/mol. The van der Waals surface area contributed by atoms with Crippen LogP contribution in [0.4, 0.5) is 5.69 Å². The Hall–Kier alpha value is -1.68. The lowest BCUT2D eigenvalue weighted by Crippen LogP contribution is -2.01. The highest BCUT2D eigenvalue weighted by Gasteiger charge is 2.06. The number of anilines is 1. The normalized spacial score (nSPS) is 10.3. The first-order valence-corrected chi connectivity index (χ1v) is 6.71. The standard InChI is InChI=1S/C15H16BrNO2/c1-10-3-5-14(18-2)11(7-10)9-19-15-6-4-12(16)8-13(15)17/h3-8H,9,17H2,1-2H3. The number of nitrogens with two attached hydrogens (primary N) is 1. The first kappa shape index (κ1) is 13.7. The third kappa shape index (κ3) is 3.41. The Kier molecular flexibility index (Phi) is 4.32. The fourth-order valence-electron chi connectivity index (χ4n) is 1.83. The van der Waals surface area contributed by atoms with E-state index in [-0.39, 0.29) is 0 Å². The second-order valence-electron chi connectivity index (χ2n) is 4.29. The molecule has 0 aliphatic carbocycles. The first-order valence-electron chi connectivity index (χ1n) is 5.91. The molecule has 0 fully saturated rings. The molecule has 2 aromatic carbocycles. The van der Waals surface area contributed by atoms with E-state index in [1.54, 1.807) is 7.11 Å². The van der Waals surface area contributed by atoms with Crippen LogP contribution in [0.1, 0.15) is 11.1 Å². The molecule has 4 heteroatoms. The number of nitrogen functional groups attached to an aromatic ring is 1. The van der Waals surface area contributed by atoms with Gasteiger partial charge in [-0.15, -0.1) is 0 Å². The van der Waals surface area contributed by atoms with E-state index in [4.69, 9.17) is 15.2 Å². The van der Waals surface area contributed by atoms with Crippen molar-refractivity contribution < 1.29 is 9.47 Å². The largest absolute Gasteiger partial charge is 0.496 e. The third-order valence-electron chi connectivity index (χ3n) is 2.79. The maximum absolute atomic E-state index is 5.90. The Bertz CT molecular complexity index is 584. The number of aryl methyl sites for hydroxylation is 1. The fraction of sp³-hybridized carbons (Fsp3) is 0.200. The highest BCUT2D eigenvalue weighted by Crippen LogP contribution is 2.27. The van der Waals surface area contributed by atoms with Gasteiger partial charge < -0.3 is 15.2 Å². The van der Waals surface area contributed by atoms with Crippen molar-refractivity contribution in [2.75, 3.05) is 12.8 Å². The molecule has 3 nitrogen and oxygen atoms in total. The van der Waals surface area contributed by atoms with Crippen molar-refractivity contribution in [3.05, 3.63) is 52.0 Å². The highest BCUT2D eigenvalue weighted by molar-refractivity contribution is 9.10. The second-order valence-corrected chi connectivity index (χ2v) is 5.20. The van der Waals surface area contributed by atoms with Crippen LogP contribution in [0, 0.1) is 6.92 Å². The lowest BCUT2D eigenvalue weighted by atomic mass is 10.1. The summed E-state index contributed by atoms with van der Waals surface area (Å²) >= 11 is 3.37. The van der Waals surface area contributed by atoms with Gasteiger partial charge in [-0.05, 0) is 37.3 Å². The summed E-state index contributed by atoms with van der Waals surface area (Å²) in [5, 5.41) is 0. The van der Waals surface area contributed by atoms with Crippen LogP contribution in [0.5, 0.6) is 11.5 Å². The fourth-order valence-corrected chi connectivity index (χ4v) is 2.21. The summed E-state index contributed by atoms with van der Waals surface area (Å²) in [4.78, 5) is 0. The lowest BCUT2D eigenvalue weighted by Gasteiger charge is -2.12. The maximum Gasteiger partial charge on any atom is 0.142 e. The molecule has 19 heavy (non-hydrogen) atoms. The van der Waals surface area contributed by atoms with Crippen LogP contribution < -0.4 is 15.2 Å². The van der Waals surface area contributed by atoms with E-state index in [0.717, 1.165) is 15.8 Å². The summed E-state index contributed by atoms with van der Waals surface area (Å²) in [7, 11) is 1.65. The van der Waals surface area contributed by atoms with Crippen molar-refractivity contribution in [3.8, 4) is 11.5 Å². The molecule has 2 rings (SSSR count). The van der Waals surface area contributed by atoms with Crippen molar-refractivity contribution in [1.82, 2.24) is 0 Å². The molecule has 0 heterocycles. The molecule has 0 amide bonds. The topological polar surface area (TPSA) is 44.5 Å². The van der Waals surface area contributed by atoms with Gasteiger partial charge in [-0.25, -0.2) is 0 Å². The third-order valence-corrected chi connectivity index (χ3v) is 3.28. The molecule has 2 N–H and O–H groups in total. The summed E-state index contributed by atoms with van der Waals surface area (Å²) in [6, 6.07) is 11.6. The molecule has 0 aromatic heterocycles. The van der Waals surface area contributed by atoms with Crippen LogP contribution in [0.15, 0.2) is 40.9 Å². The molecule has 0 unspecified atom stereocenters. The highest BCUT2D eigenvalue weighted by atomic mass is 79.9. The van der Waals surface area contributed by atoms with Crippen LogP contribution >= 0.6 is 15.9 Å². The number of hydrogen-bond donors (Lipinski definition) is 1. The molecule has 0 spiro atoms. The molecule has 0 saturated heterocycles. The minimum Gasteiger partial charge on any atom is -0.496 e. The molecule has 0 radical (unpaired) electrons. The number of halogens is 1. The van der Waals surface area contributed by atoms with Crippen molar-refractivity contribution in [1.29, 1.82) is 0 Å². The molecule has 0 aliphatic heterocycles. The Morgan fingerprint density at radius 2 is 1.84 bits per heavy atom. The van der Waals surface area contributed by atoms with Crippen LogP contribution in [0.2, 0.25) is 0 Å². The summed E-state index contributed by atoms with van der Waals surface area (Å²) in [6.45, 7) is 2.47. The van der Waals surface area contributed by atoms with Gasteiger partial charge in [0.1, 0.15) is 18.1 Å². The molecule has 0 saturated carbocycles. The lowest BCUT2D eigenvalue weighted by molar-refractivity contribution is 0.298. The van der Waals surface area contributed by atoms with Crippen LogP contribution in [-0.4, -0.2) is 7.11 Å². The minimum absolute atomic E-state index is 0.427. The number of benzene rings is 2. The number of ether oxygens (including phenoxy) is 2. The number of rotatable bonds is 4. The Morgan fingerprint density at radius 3 is 2.53 bits per heavy atom. The minimum atomic E-state index is 0.427. The zero-order chi connectivity index (χ0) is 13.8. The molecule has 0 bridgehead atoms. The molecular weight excluding hydrogens is 306 g/mol. The van der Waals surface area contributed by atoms with E-state index >= 15 is 0 Å². The van der Waals surface area contributed by atoms with Gasteiger partial charge in [0.05, 0.1) is 12.8 Å². The summed E-state index contributed by atoms with van der Waals surface area (Å²) in [5.74, 6) is 1.49. The zero-order valence-corrected chi connectivity index (χ0v) is 12.5. The van der Waals surface area contributed by atoms with Crippen LogP contribution in [-0.2, 0) is 6.61 Å². The van der Waals surface area contributed by atoms with Gasteiger partial charge >= 0.3 is 0 Å². The Labute approximate surface area is 121 Å². The summed E-state index contributed by atoms with van der Waals surface area (Å²) in [5.41, 5.74) is 8.69. The van der Waals surface area contributed by atoms with E-state index in [1.165, 1.54) is 5.56 Å². The van der Waals surface area contributed by atoms with Crippen molar-refractivity contribution in [3.63, 3.8) is 0 Å². The Morgan fingerprint density at radius 1 is 1.11 bits per heavy atom. The summed E-state index contributed by atoms with van der Waals surface area (Å²) < 4.78 is 12.0. The van der Waals surface area contributed by atoms with Crippen molar-refractivity contribution in [2.24, 2.45) is 0 Å². The second kappa shape index (κ2) is 5.97. The quantitative estimate of drug-likeness (QED) is 0.868. The molecule has 0 atom stereocenters. The maximum atomic E-state index is 5.90. The first-order chi connectivity index (χ1) is 9.10. The van der Waals surface area contributed by atoms with Gasteiger partial charge in [0.15, 0.2) is 0 Å². The molecule has 0 aliphatic rings. The van der Waals surface area contributed by atoms with E-state index < -0.39 is 0 Å². The van der Waals surface area contributed by atoms with E-state index in [1.807, 2.05) is 43.3 Å². The average Bonchev–Trinajstić information content (AvgIpc) is 2.38. The van der Waals surface area contributed by atoms with Crippen molar-refractivity contribution in [2.45, 2.75) is 13.5 Å². The molecular formula is C15H16BrNO2. The van der Waals surface area contributed by atoms with Gasteiger partial charge in [0.2, 0.25) is 0 Å². The van der Waals surface area contributed by atoms with E-state index in [2.05, 4.69) is 15.9 Å². The van der Waals surface area contributed by atoms with E-state index in [9.17, 15) is 0 Å². The SMILES string of the molecule is COc1ccc(C)cc1COc1ccc(Br)cc1N. The van der Waals surface area contributed by atoms with Crippen molar-refractivity contribution >= 4 is 21.6 Å². The van der Waals surface area contributed by atoms with Gasteiger partial charge in [0.25, 0.3) is 0 Å². The summed E-state index contributed by atoms with van der Waals surface area (Å²) in [6.07, 6.45) is 0. The smallest absolute Gasteiger partial charge is 0.142 e. The van der Waals surface area contributed by atoms with Gasteiger partial charge in [-0.3, -0.25) is 0 Å². The monoisotopic (exact) mass is 321 g/mol. The molecule has 100 valence electrons. The molecule has 2 aromatic rings. The number of methoxy groups -OCH3 is 1. The predicted octanol–water partition coefficient (Wildman–Crippen LogP) is 3.93. The zero-order valence-electron chi connectivity index (χ0n) is 10.9. The van der Waals surface area contributed by atoms with Gasteiger partial charge in [0, 0.05) is 10.0 Å².